The molecule has 1 unspecified atom stereocenters. The third-order valence-corrected chi connectivity index (χ3v) is 2.82. The van der Waals surface area contributed by atoms with Crippen LogP contribution in [0.2, 0.25) is 0 Å². The number of benzene rings is 1. The highest BCUT2D eigenvalue weighted by Gasteiger charge is 2.13. The molecule has 0 bridgehead atoms. The Labute approximate surface area is 121 Å². The first-order valence-electron chi connectivity index (χ1n) is 5.97. The van der Waals surface area contributed by atoms with Crippen molar-refractivity contribution in [1.29, 1.82) is 0 Å². The quantitative estimate of drug-likeness (QED) is 0.185. The first-order chi connectivity index (χ1) is 9.52. The molecule has 7 nitrogen and oxygen atoms in total. The maximum absolute atomic E-state index is 11.5. The van der Waals surface area contributed by atoms with Gasteiger partial charge in [0.1, 0.15) is 11.8 Å². The molecule has 0 amide bonds. The van der Waals surface area contributed by atoms with Crippen molar-refractivity contribution in [3.8, 4) is 5.75 Å². The molecule has 0 radical (unpaired) electrons. The first-order valence-corrected chi connectivity index (χ1v) is 6.60. The van der Waals surface area contributed by atoms with E-state index >= 15 is 0 Å². The van der Waals surface area contributed by atoms with Gasteiger partial charge in [0.2, 0.25) is 0 Å². The van der Waals surface area contributed by atoms with Gasteiger partial charge in [-0.25, -0.2) is 4.79 Å². The lowest BCUT2D eigenvalue weighted by atomic mass is 10.1. The van der Waals surface area contributed by atoms with Gasteiger partial charge >= 0.3 is 5.97 Å². The van der Waals surface area contributed by atoms with Crippen LogP contribution in [0.15, 0.2) is 24.3 Å². The van der Waals surface area contributed by atoms with E-state index in [0.717, 1.165) is 5.56 Å². The molecule has 0 aliphatic heterocycles. The Kier molecular flexibility index (Phi) is 6.82. The van der Waals surface area contributed by atoms with E-state index in [1.54, 1.807) is 18.2 Å². The number of carbonyl (C=O) groups excluding carboxylic acids is 1. The molecule has 0 saturated heterocycles. The number of ether oxygens (including phenoxy) is 1. The fourth-order valence-electron chi connectivity index (χ4n) is 1.45. The lowest BCUT2D eigenvalue weighted by Gasteiger charge is -2.09. The number of rotatable bonds is 8. The molecule has 1 rings (SSSR count). The fourth-order valence-corrected chi connectivity index (χ4v) is 1.60. The van der Waals surface area contributed by atoms with Gasteiger partial charge in [0.05, 0.1) is 6.61 Å². The van der Waals surface area contributed by atoms with Gasteiger partial charge in [-0.3, -0.25) is 0 Å². The average molecular weight is 300 g/mol. The lowest BCUT2D eigenvalue weighted by Crippen LogP contribution is -2.35. The van der Waals surface area contributed by atoms with Gasteiger partial charge in [0.15, 0.2) is 0 Å². The second-order valence-electron chi connectivity index (χ2n) is 4.02. The van der Waals surface area contributed by atoms with Crippen LogP contribution in [0.1, 0.15) is 12.0 Å². The second kappa shape index (κ2) is 8.39. The zero-order valence-electron chi connectivity index (χ0n) is 10.7. The normalized spacial score (nSPS) is 11.7. The molecule has 0 aromatic heterocycles. The number of carbonyl (C=O) groups is 1. The molecule has 0 heterocycles. The summed E-state index contributed by atoms with van der Waals surface area (Å²) in [5, 5.41) is 9.16. The molecule has 0 fully saturated rings. The summed E-state index contributed by atoms with van der Waals surface area (Å²) < 4.78 is 5.10. The maximum Gasteiger partial charge on any atom is 0.329 e. The van der Waals surface area contributed by atoms with Crippen molar-refractivity contribution in [3.63, 3.8) is 0 Å². The van der Waals surface area contributed by atoms with Gasteiger partial charge in [0, 0.05) is 5.75 Å². The zero-order chi connectivity index (χ0) is 15.0. The van der Waals surface area contributed by atoms with E-state index in [4.69, 9.17) is 10.5 Å². The Hall–Kier alpha value is -1.80. The van der Waals surface area contributed by atoms with Crippen molar-refractivity contribution in [3.05, 3.63) is 39.9 Å². The molecule has 2 N–H and O–H groups in total. The minimum absolute atomic E-state index is 0.0293. The number of hydrogen-bond acceptors (Lipinski definition) is 7. The Morgan fingerprint density at radius 1 is 1.50 bits per heavy atom. The molecular weight excluding hydrogens is 284 g/mol. The van der Waals surface area contributed by atoms with Crippen molar-refractivity contribution in [2.45, 2.75) is 18.9 Å². The second-order valence-corrected chi connectivity index (χ2v) is 4.38. The van der Waals surface area contributed by atoms with Crippen LogP contribution in [0.25, 0.3) is 0 Å². The number of aryl methyl sites for hydroxylation is 1. The summed E-state index contributed by atoms with van der Waals surface area (Å²) in [6.07, 6.45) is 1.08. The SMILES string of the molecule is NC(CS)C(=O)Oc1cccc(CCCO[N+](=O)[O-])c1. The highest BCUT2D eigenvalue weighted by atomic mass is 32.1. The molecule has 0 saturated carbocycles. The van der Waals surface area contributed by atoms with Crippen LogP contribution in [-0.2, 0) is 16.1 Å². The number of thiol groups is 1. The van der Waals surface area contributed by atoms with Gasteiger partial charge in [-0.1, -0.05) is 12.1 Å². The summed E-state index contributed by atoms with van der Waals surface area (Å²) in [5.41, 5.74) is 6.39. The van der Waals surface area contributed by atoms with E-state index in [1.807, 2.05) is 6.07 Å². The first kappa shape index (κ1) is 16.3. The molecule has 0 spiro atoms. The number of esters is 1. The highest BCUT2D eigenvalue weighted by molar-refractivity contribution is 7.80. The number of nitrogens with zero attached hydrogens (tertiary/aromatic N) is 1. The zero-order valence-corrected chi connectivity index (χ0v) is 11.6. The van der Waals surface area contributed by atoms with Crippen LogP contribution < -0.4 is 10.5 Å². The van der Waals surface area contributed by atoms with E-state index in [2.05, 4.69) is 17.5 Å². The van der Waals surface area contributed by atoms with Crippen molar-refractivity contribution >= 4 is 18.6 Å². The van der Waals surface area contributed by atoms with Gasteiger partial charge in [0.25, 0.3) is 5.09 Å². The van der Waals surface area contributed by atoms with Gasteiger partial charge in [-0.15, -0.1) is 10.1 Å². The maximum atomic E-state index is 11.5. The lowest BCUT2D eigenvalue weighted by molar-refractivity contribution is -0.757. The Morgan fingerprint density at radius 3 is 2.90 bits per heavy atom. The number of hydrogen-bond donors (Lipinski definition) is 2. The third-order valence-electron chi connectivity index (χ3n) is 2.42. The van der Waals surface area contributed by atoms with Crippen LogP contribution in [0, 0.1) is 10.1 Å². The van der Waals surface area contributed by atoms with E-state index in [0.29, 0.717) is 18.6 Å². The molecule has 8 heteroatoms. The summed E-state index contributed by atoms with van der Waals surface area (Å²) >= 11 is 3.92. The Bertz CT molecular complexity index is 469. The van der Waals surface area contributed by atoms with Crippen molar-refractivity contribution in [1.82, 2.24) is 0 Å². The topological polar surface area (TPSA) is 105 Å². The van der Waals surface area contributed by atoms with Crippen molar-refractivity contribution in [2.75, 3.05) is 12.4 Å². The molecule has 110 valence electrons. The van der Waals surface area contributed by atoms with E-state index in [1.165, 1.54) is 0 Å². The number of nitrogens with two attached hydrogens (primary N) is 1. The van der Waals surface area contributed by atoms with Crippen molar-refractivity contribution < 1.29 is 19.5 Å². The molecule has 0 aliphatic carbocycles. The standard InChI is InChI=1S/C12H16N2O5S/c13-11(8-20)12(15)19-10-5-1-3-9(7-10)4-2-6-18-14(16)17/h1,3,5,7,11,20H,2,4,6,8,13H2. The Morgan fingerprint density at radius 2 is 2.25 bits per heavy atom. The van der Waals surface area contributed by atoms with E-state index < -0.39 is 17.1 Å². The van der Waals surface area contributed by atoms with Crippen molar-refractivity contribution in [2.24, 2.45) is 5.73 Å². The van der Waals surface area contributed by atoms with Gasteiger partial charge < -0.3 is 15.3 Å². The molecular formula is C12H16N2O5S. The molecule has 1 aromatic rings. The molecule has 1 aromatic carbocycles. The molecule has 0 aliphatic rings. The predicted molar refractivity (Wildman–Crippen MR) is 75.2 cm³/mol. The van der Waals surface area contributed by atoms with Gasteiger partial charge in [-0.2, -0.15) is 12.6 Å². The Balaban J connectivity index is 2.49. The summed E-state index contributed by atoms with van der Waals surface area (Å²) in [6, 6.07) is 6.13. The monoisotopic (exact) mass is 300 g/mol. The summed E-state index contributed by atoms with van der Waals surface area (Å²) in [4.78, 5) is 25.7. The third kappa shape index (κ3) is 5.89. The minimum atomic E-state index is -0.822. The van der Waals surface area contributed by atoms with Crippen LogP contribution in [-0.4, -0.2) is 29.5 Å². The largest absolute Gasteiger partial charge is 0.425 e. The van der Waals surface area contributed by atoms with Crippen LogP contribution in [0.4, 0.5) is 0 Å². The summed E-state index contributed by atoms with van der Waals surface area (Å²) in [6.45, 7) is 0.0293. The van der Waals surface area contributed by atoms with Crippen LogP contribution in [0.5, 0.6) is 5.75 Å². The molecule has 1 atom stereocenters. The smallest absolute Gasteiger partial charge is 0.329 e. The minimum Gasteiger partial charge on any atom is -0.425 e. The van der Waals surface area contributed by atoms with Crippen LogP contribution in [0.3, 0.4) is 0 Å². The summed E-state index contributed by atoms with van der Waals surface area (Å²) in [5.74, 6) is 0.0466. The van der Waals surface area contributed by atoms with E-state index in [9.17, 15) is 14.9 Å². The highest BCUT2D eigenvalue weighted by Crippen LogP contribution is 2.15. The average Bonchev–Trinajstić information content (AvgIpc) is 2.43. The summed E-state index contributed by atoms with van der Waals surface area (Å²) in [7, 11) is 0. The fraction of sp³-hybridized carbons (Fsp3) is 0.417. The van der Waals surface area contributed by atoms with E-state index in [-0.39, 0.29) is 12.4 Å². The van der Waals surface area contributed by atoms with Gasteiger partial charge in [-0.05, 0) is 30.5 Å². The predicted octanol–water partition coefficient (Wildman–Crippen LogP) is 0.990. The molecule has 20 heavy (non-hydrogen) atoms. The van der Waals surface area contributed by atoms with Crippen LogP contribution >= 0.6 is 12.6 Å².